The number of hydrogen-bond donors (Lipinski definition) is 0. The Labute approximate surface area is 559 Å². The van der Waals surface area contributed by atoms with E-state index in [2.05, 4.69) is 194 Å². The number of aromatic nitrogens is 11. The molecule has 0 unspecified atom stereocenters. The number of benzene rings is 1. The lowest BCUT2D eigenvalue weighted by molar-refractivity contribution is 0.657. The van der Waals surface area contributed by atoms with E-state index < -0.39 is 32.5 Å². The number of allylic oxidation sites excluding steroid dienone is 1. The van der Waals surface area contributed by atoms with Gasteiger partial charge in [0.25, 0.3) is 0 Å². The Hall–Kier alpha value is -10.7. The fourth-order valence-corrected chi connectivity index (χ4v) is 17.4. The highest BCUT2D eigenvalue weighted by atomic mass is 14.9. The number of rotatable bonds is 8. The van der Waals surface area contributed by atoms with Crippen LogP contribution in [0, 0.1) is 0 Å². The molecule has 0 bridgehead atoms. The SMILES string of the molecule is CC/C=N\C1=C(c2c(-c3cnc4c(c3)C(C)(C)c3cccnc3-4)c(-c3cnc4c(c3)C(C)(C)c3cccnc3-4)c(-c3cnc4c(c3)C(C)(C)c3cccnc3-4)c(-c3cnc4c(c3)C(C)(C)c3cccnc3-4)c2-c2cnc3c(c2)C(C)(C)c2cccnc2-3)C(C)(C)c2cccnc21. The number of hydrogen-bond acceptors (Lipinski definition) is 12. The maximum atomic E-state index is 5.67. The summed E-state index contributed by atoms with van der Waals surface area (Å²) >= 11 is 0. The van der Waals surface area contributed by atoms with Gasteiger partial charge in [0.1, 0.15) is 0 Å². The van der Waals surface area contributed by atoms with Gasteiger partial charge in [-0.1, -0.05) is 126 Å². The van der Waals surface area contributed by atoms with Gasteiger partial charge < -0.3 is 0 Å². The second kappa shape index (κ2) is 19.7. The molecule has 0 spiro atoms. The van der Waals surface area contributed by atoms with Crippen molar-refractivity contribution in [2.24, 2.45) is 4.99 Å². The molecule has 0 N–H and O–H groups in total. The molecule has 0 radical (unpaired) electrons. The highest BCUT2D eigenvalue weighted by Crippen LogP contribution is 2.64. The third-order valence-electron chi connectivity index (χ3n) is 22.5. The van der Waals surface area contributed by atoms with Crippen molar-refractivity contribution in [3.8, 4) is 113 Å². The van der Waals surface area contributed by atoms with Crippen LogP contribution >= 0.6 is 0 Å². The van der Waals surface area contributed by atoms with Gasteiger partial charge in [0.15, 0.2) is 0 Å². The van der Waals surface area contributed by atoms with Crippen LogP contribution in [0.15, 0.2) is 176 Å². The van der Waals surface area contributed by atoms with Crippen LogP contribution in [0.25, 0.3) is 124 Å². The highest BCUT2D eigenvalue weighted by molar-refractivity contribution is 6.18. The van der Waals surface area contributed by atoms with Gasteiger partial charge in [0, 0.05) is 163 Å². The van der Waals surface area contributed by atoms with E-state index in [1.165, 1.54) is 0 Å². The summed E-state index contributed by atoms with van der Waals surface area (Å²) in [5, 5.41) is 0. The van der Waals surface area contributed by atoms with Gasteiger partial charge >= 0.3 is 0 Å². The summed E-state index contributed by atoms with van der Waals surface area (Å²) in [5.41, 5.74) is 30.7. The molecule has 18 rings (SSSR count). The average molecular weight is 1250 g/mol. The van der Waals surface area contributed by atoms with Crippen LogP contribution in [0.5, 0.6) is 0 Å². The molecule has 12 nitrogen and oxygen atoms in total. The van der Waals surface area contributed by atoms with Crippen molar-refractivity contribution in [2.75, 3.05) is 0 Å². The second-order valence-electron chi connectivity index (χ2n) is 29.9. The minimum Gasteiger partial charge on any atom is -0.259 e. The molecule has 11 heterocycles. The first-order chi connectivity index (χ1) is 46.1. The Kier molecular flexibility index (Phi) is 11.9. The van der Waals surface area contributed by atoms with Crippen molar-refractivity contribution in [3.05, 3.63) is 244 Å². The van der Waals surface area contributed by atoms with Gasteiger partial charge in [-0.25, -0.2) is 0 Å². The third kappa shape index (κ3) is 7.60. The minimum absolute atomic E-state index is 0.482. The summed E-state index contributed by atoms with van der Waals surface area (Å²) in [6.45, 7) is 29.9. The minimum atomic E-state index is -0.731. The van der Waals surface area contributed by atoms with Crippen LogP contribution in [0.2, 0.25) is 0 Å². The molecule has 96 heavy (non-hydrogen) atoms. The van der Waals surface area contributed by atoms with Crippen molar-refractivity contribution >= 4 is 17.5 Å². The van der Waals surface area contributed by atoms with E-state index in [1.54, 1.807) is 0 Å². The maximum Gasteiger partial charge on any atom is 0.0932 e. The molecule has 0 atom stereocenters. The quantitative estimate of drug-likeness (QED) is 0.134. The zero-order valence-electron chi connectivity index (χ0n) is 56.3. The topological polar surface area (TPSA) is 154 Å². The van der Waals surface area contributed by atoms with Gasteiger partial charge in [-0.2, -0.15) is 0 Å². The smallest absolute Gasteiger partial charge is 0.0932 e. The fourth-order valence-electron chi connectivity index (χ4n) is 17.4. The lowest BCUT2D eigenvalue weighted by Crippen LogP contribution is -2.20. The molecule has 6 aliphatic rings. The number of pyridine rings is 11. The predicted molar refractivity (Wildman–Crippen MR) is 382 cm³/mol. The summed E-state index contributed by atoms with van der Waals surface area (Å²) in [7, 11) is 0. The predicted octanol–water partition coefficient (Wildman–Crippen LogP) is 18.5. The second-order valence-corrected chi connectivity index (χ2v) is 29.9. The Morgan fingerprint density at radius 1 is 0.271 bits per heavy atom. The van der Waals surface area contributed by atoms with Crippen molar-refractivity contribution in [1.29, 1.82) is 0 Å². The number of fused-ring (bicyclic) bond motifs is 16. The van der Waals surface area contributed by atoms with Crippen LogP contribution in [-0.4, -0.2) is 61.0 Å². The van der Waals surface area contributed by atoms with Crippen LogP contribution in [0.3, 0.4) is 0 Å². The molecule has 1 aromatic carbocycles. The molecule has 466 valence electrons. The van der Waals surface area contributed by atoms with E-state index >= 15 is 0 Å². The van der Waals surface area contributed by atoms with Crippen LogP contribution in [0.1, 0.15) is 169 Å². The summed E-state index contributed by atoms with van der Waals surface area (Å²) in [6, 6.07) is 37.6. The molecule has 0 aliphatic heterocycles. The summed E-state index contributed by atoms with van der Waals surface area (Å²) in [5.74, 6) is 0. The van der Waals surface area contributed by atoms with Crippen molar-refractivity contribution in [2.45, 2.75) is 129 Å². The zero-order valence-corrected chi connectivity index (χ0v) is 56.3. The Morgan fingerprint density at radius 3 is 0.740 bits per heavy atom. The first-order valence-corrected chi connectivity index (χ1v) is 33.5. The van der Waals surface area contributed by atoms with Crippen LogP contribution in [0.4, 0.5) is 0 Å². The highest BCUT2D eigenvalue weighted by Gasteiger charge is 2.48. The number of nitrogens with zero attached hydrogens (tertiary/aromatic N) is 12. The molecule has 0 fully saturated rings. The van der Waals surface area contributed by atoms with Gasteiger partial charge in [-0.3, -0.25) is 59.8 Å². The molecule has 11 aromatic heterocycles. The van der Waals surface area contributed by atoms with E-state index in [1.807, 2.05) is 73.7 Å². The Bertz CT molecular complexity index is 5310. The molecular formula is C84H70N12. The average Bonchev–Trinajstić information content (AvgIpc) is 1.29. The van der Waals surface area contributed by atoms with Crippen LogP contribution < -0.4 is 0 Å². The zero-order chi connectivity index (χ0) is 65.9. The fraction of sp³-hybridized carbons (Fsp3) is 0.238. The van der Waals surface area contributed by atoms with Crippen LogP contribution in [-0.2, 0) is 32.5 Å². The van der Waals surface area contributed by atoms with E-state index in [0.29, 0.717) is 6.42 Å². The molecule has 0 amide bonds. The normalized spacial score (nSPS) is 17.1. The molecular weight excluding hydrogens is 1180 g/mol. The third-order valence-corrected chi connectivity index (χ3v) is 22.5. The maximum absolute atomic E-state index is 5.67. The van der Waals surface area contributed by atoms with Gasteiger partial charge in [0.05, 0.1) is 68.3 Å². The summed E-state index contributed by atoms with van der Waals surface area (Å²) < 4.78 is 0. The van der Waals surface area contributed by atoms with E-state index in [9.17, 15) is 0 Å². The largest absolute Gasteiger partial charge is 0.259 e. The Balaban J connectivity index is 1.11. The van der Waals surface area contributed by atoms with E-state index in [4.69, 9.17) is 59.8 Å². The Morgan fingerprint density at radius 2 is 0.490 bits per heavy atom. The standard InChI is InChI=1S/C84H70N12/c1-14-27-85-78-66(84(12,13)54-26-20-33-91-72(54)78)65-63(47-37-58-76(95-42-47)70-52(82(58,8)9)24-18-31-89-70)61(45-35-56-74(93-40-45)68-50(80(56,4)5)22-16-29-87-68)60(44-34-55-73(92-39-44)67-49(79(55,2)3)21-15-28-86-67)62(46-36-57-75(94-41-46)69-51(81(57,6)7)23-17-30-88-69)64(65)48-38-59-77(96-43-48)71-53(83(59,10)11)25-19-32-90-71/h15-43H,14H2,1-13H3/b85-27-. The molecule has 0 saturated carbocycles. The monoisotopic (exact) mass is 1250 g/mol. The molecule has 0 saturated heterocycles. The molecule has 6 aliphatic carbocycles. The van der Waals surface area contributed by atoms with Gasteiger partial charge in [-0.05, 0) is 145 Å². The first kappa shape index (κ1) is 57.9. The van der Waals surface area contributed by atoms with Crippen molar-refractivity contribution in [1.82, 2.24) is 54.8 Å². The van der Waals surface area contributed by atoms with Crippen molar-refractivity contribution in [3.63, 3.8) is 0 Å². The number of aliphatic imine (C=N–C) groups is 1. The first-order valence-electron chi connectivity index (χ1n) is 33.5. The van der Waals surface area contributed by atoms with E-state index in [0.717, 1.165) is 196 Å². The van der Waals surface area contributed by atoms with Gasteiger partial charge in [-0.15, -0.1) is 0 Å². The molecule has 12 aromatic rings. The lowest BCUT2D eigenvalue weighted by atomic mass is 9.69. The van der Waals surface area contributed by atoms with E-state index in [-0.39, 0.29) is 0 Å². The summed E-state index contributed by atoms with van der Waals surface area (Å²) in [4.78, 5) is 64.6. The van der Waals surface area contributed by atoms with Gasteiger partial charge in [0.2, 0.25) is 0 Å². The lowest BCUT2D eigenvalue weighted by Gasteiger charge is -2.34. The summed E-state index contributed by atoms with van der Waals surface area (Å²) in [6.07, 6.45) is 24.5. The molecule has 12 heteroatoms. The van der Waals surface area contributed by atoms with Crippen molar-refractivity contribution < 1.29 is 0 Å².